The number of halogens is 1. The molecule has 0 heterocycles. The second-order valence-electron chi connectivity index (χ2n) is 3.14. The van der Waals surface area contributed by atoms with E-state index in [9.17, 15) is 0 Å². The molecular weight excluding hydrogens is 238 g/mol. The summed E-state index contributed by atoms with van der Waals surface area (Å²) in [7, 11) is 0. The summed E-state index contributed by atoms with van der Waals surface area (Å²) in [6.45, 7) is 7.44. The third kappa shape index (κ3) is 2.48. The molecule has 1 aromatic rings. The normalized spacial score (nSPS) is 9.79. The van der Waals surface area contributed by atoms with Crippen LogP contribution in [0.1, 0.15) is 11.1 Å². The summed E-state index contributed by atoms with van der Waals surface area (Å²) in [6, 6.07) is 3.94. The van der Waals surface area contributed by atoms with Crippen molar-refractivity contribution in [3.05, 3.63) is 53.0 Å². The molecule has 1 nitrogen and oxygen atoms in total. The molecule has 0 spiro atoms. The molecule has 0 aliphatic rings. The zero-order chi connectivity index (χ0) is 10.6. The lowest BCUT2D eigenvalue weighted by atomic mass is 10.0. The first kappa shape index (κ1) is 11.1. The molecule has 1 rings (SSSR count). The van der Waals surface area contributed by atoms with Gasteiger partial charge in [-0.3, -0.25) is 0 Å². The molecule has 0 radical (unpaired) electrons. The van der Waals surface area contributed by atoms with Gasteiger partial charge in [-0.15, -0.1) is 13.2 Å². The van der Waals surface area contributed by atoms with Crippen LogP contribution in [-0.2, 0) is 12.8 Å². The Balaban J connectivity index is 3.16. The van der Waals surface area contributed by atoms with Crippen molar-refractivity contribution in [1.82, 2.24) is 0 Å². The highest BCUT2D eigenvalue weighted by Crippen LogP contribution is 2.26. The van der Waals surface area contributed by atoms with Crippen LogP contribution in [0.5, 0.6) is 0 Å². The van der Waals surface area contributed by atoms with Crippen LogP contribution in [-0.4, -0.2) is 0 Å². The van der Waals surface area contributed by atoms with Gasteiger partial charge in [0, 0.05) is 10.2 Å². The van der Waals surface area contributed by atoms with Crippen LogP contribution in [0.3, 0.4) is 0 Å². The molecule has 14 heavy (non-hydrogen) atoms. The largest absolute Gasteiger partial charge is 0.399 e. The van der Waals surface area contributed by atoms with E-state index in [0.29, 0.717) is 0 Å². The zero-order valence-corrected chi connectivity index (χ0v) is 9.68. The van der Waals surface area contributed by atoms with Gasteiger partial charge in [0.05, 0.1) is 0 Å². The maximum atomic E-state index is 5.80. The van der Waals surface area contributed by atoms with E-state index < -0.39 is 0 Å². The molecule has 0 saturated carbocycles. The van der Waals surface area contributed by atoms with Crippen LogP contribution in [0.2, 0.25) is 0 Å². The molecule has 2 N–H and O–H groups in total. The minimum Gasteiger partial charge on any atom is -0.399 e. The van der Waals surface area contributed by atoms with Crippen LogP contribution in [0.25, 0.3) is 0 Å². The Morgan fingerprint density at radius 3 is 1.93 bits per heavy atom. The van der Waals surface area contributed by atoms with Crippen LogP contribution in [0.15, 0.2) is 41.9 Å². The minimum atomic E-state index is 0.793. The van der Waals surface area contributed by atoms with E-state index in [0.717, 1.165) is 23.0 Å². The van der Waals surface area contributed by atoms with Gasteiger partial charge >= 0.3 is 0 Å². The summed E-state index contributed by atoms with van der Waals surface area (Å²) in [4.78, 5) is 0. The van der Waals surface area contributed by atoms with Crippen LogP contribution in [0, 0.1) is 0 Å². The van der Waals surface area contributed by atoms with Gasteiger partial charge in [0.15, 0.2) is 0 Å². The number of rotatable bonds is 4. The molecule has 0 bridgehead atoms. The Hall–Kier alpha value is -1.02. The highest BCUT2D eigenvalue weighted by Gasteiger charge is 2.05. The minimum absolute atomic E-state index is 0.793. The van der Waals surface area contributed by atoms with Crippen molar-refractivity contribution in [1.29, 1.82) is 0 Å². The van der Waals surface area contributed by atoms with Gasteiger partial charge in [0.2, 0.25) is 0 Å². The van der Waals surface area contributed by atoms with Crippen molar-refractivity contribution in [2.24, 2.45) is 0 Å². The van der Waals surface area contributed by atoms with E-state index in [1.54, 1.807) is 0 Å². The number of nitrogens with two attached hydrogens (primary N) is 1. The van der Waals surface area contributed by atoms with Gasteiger partial charge in [0.1, 0.15) is 0 Å². The third-order valence-electron chi connectivity index (χ3n) is 1.97. The Kier molecular flexibility index (Phi) is 3.96. The van der Waals surface area contributed by atoms with Crippen molar-refractivity contribution in [3.63, 3.8) is 0 Å². The molecule has 0 saturated heterocycles. The summed E-state index contributed by atoms with van der Waals surface area (Å²) in [5.74, 6) is 0. The average Bonchev–Trinajstić information content (AvgIpc) is 2.14. The number of nitrogen functional groups attached to an aromatic ring is 1. The maximum Gasteiger partial charge on any atom is 0.0320 e. The Bertz CT molecular complexity index is 324. The molecule has 74 valence electrons. The lowest BCUT2D eigenvalue weighted by Crippen LogP contribution is -1.95. The van der Waals surface area contributed by atoms with Crippen LogP contribution in [0.4, 0.5) is 5.69 Å². The van der Waals surface area contributed by atoms with Gasteiger partial charge in [-0.05, 0) is 36.1 Å². The molecule has 0 aliphatic carbocycles. The van der Waals surface area contributed by atoms with E-state index in [2.05, 4.69) is 29.1 Å². The van der Waals surface area contributed by atoms with Gasteiger partial charge in [-0.25, -0.2) is 0 Å². The topological polar surface area (TPSA) is 26.0 Å². The van der Waals surface area contributed by atoms with Gasteiger partial charge in [-0.2, -0.15) is 0 Å². The number of allylic oxidation sites excluding steroid dienone is 2. The molecule has 0 fully saturated rings. The van der Waals surface area contributed by atoms with E-state index in [4.69, 9.17) is 5.73 Å². The van der Waals surface area contributed by atoms with Crippen LogP contribution >= 0.6 is 15.9 Å². The van der Waals surface area contributed by atoms with Crippen molar-refractivity contribution in [2.45, 2.75) is 12.8 Å². The third-order valence-corrected chi connectivity index (χ3v) is 2.99. The van der Waals surface area contributed by atoms with Crippen molar-refractivity contribution in [2.75, 3.05) is 5.73 Å². The van der Waals surface area contributed by atoms with Gasteiger partial charge in [-0.1, -0.05) is 28.1 Å². The number of hydrogen-bond acceptors (Lipinski definition) is 1. The summed E-state index contributed by atoms with van der Waals surface area (Å²) in [5.41, 5.74) is 8.95. The predicted octanol–water partition coefficient (Wildman–Crippen LogP) is 3.49. The van der Waals surface area contributed by atoms with Crippen molar-refractivity contribution >= 4 is 21.6 Å². The molecule has 1 aromatic carbocycles. The Labute approximate surface area is 93.4 Å². The Morgan fingerprint density at radius 1 is 1.14 bits per heavy atom. The van der Waals surface area contributed by atoms with Crippen molar-refractivity contribution in [3.8, 4) is 0 Å². The fourth-order valence-corrected chi connectivity index (χ4v) is 1.94. The second-order valence-corrected chi connectivity index (χ2v) is 3.93. The molecule has 0 amide bonds. The smallest absolute Gasteiger partial charge is 0.0320 e. The predicted molar refractivity (Wildman–Crippen MR) is 66.4 cm³/mol. The summed E-state index contributed by atoms with van der Waals surface area (Å²) in [6.07, 6.45) is 5.40. The molecular formula is C12H14BrN. The lowest BCUT2D eigenvalue weighted by molar-refractivity contribution is 1.18. The zero-order valence-electron chi connectivity index (χ0n) is 8.09. The molecule has 2 heteroatoms. The maximum absolute atomic E-state index is 5.80. The quantitative estimate of drug-likeness (QED) is 0.644. The fraction of sp³-hybridized carbons (Fsp3) is 0.167. The SMILES string of the molecule is C=CCc1cc(N)cc(CC=C)c1Br. The van der Waals surface area contributed by atoms with E-state index in [-0.39, 0.29) is 0 Å². The Morgan fingerprint density at radius 2 is 1.57 bits per heavy atom. The summed E-state index contributed by atoms with van der Waals surface area (Å²) < 4.78 is 1.12. The van der Waals surface area contributed by atoms with Gasteiger partial charge < -0.3 is 5.73 Å². The standard InChI is InChI=1S/C12H14BrN/c1-3-5-9-7-11(14)8-10(6-4-2)12(9)13/h3-4,7-8H,1-2,5-6,14H2. The van der Waals surface area contributed by atoms with E-state index in [1.165, 1.54) is 11.1 Å². The lowest BCUT2D eigenvalue weighted by Gasteiger charge is -2.08. The van der Waals surface area contributed by atoms with E-state index >= 15 is 0 Å². The second kappa shape index (κ2) is 5.01. The highest BCUT2D eigenvalue weighted by molar-refractivity contribution is 9.10. The summed E-state index contributed by atoms with van der Waals surface area (Å²) >= 11 is 3.57. The fourth-order valence-electron chi connectivity index (χ4n) is 1.39. The highest BCUT2D eigenvalue weighted by atomic mass is 79.9. The molecule has 0 unspecified atom stereocenters. The van der Waals surface area contributed by atoms with E-state index in [1.807, 2.05) is 24.3 Å². The molecule has 0 aromatic heterocycles. The first-order valence-corrected chi connectivity index (χ1v) is 5.27. The number of benzene rings is 1. The monoisotopic (exact) mass is 251 g/mol. The van der Waals surface area contributed by atoms with Crippen molar-refractivity contribution < 1.29 is 0 Å². The van der Waals surface area contributed by atoms with Gasteiger partial charge in [0.25, 0.3) is 0 Å². The molecule has 0 atom stereocenters. The number of hydrogen-bond donors (Lipinski definition) is 1. The van der Waals surface area contributed by atoms with Crippen LogP contribution < -0.4 is 5.73 Å². The average molecular weight is 252 g/mol. The first-order valence-electron chi connectivity index (χ1n) is 4.47. The molecule has 0 aliphatic heterocycles. The first-order chi connectivity index (χ1) is 6.69. The summed E-state index contributed by atoms with van der Waals surface area (Å²) in [5, 5.41) is 0. The number of anilines is 1.